The lowest BCUT2D eigenvalue weighted by molar-refractivity contribution is -0.140. The first kappa shape index (κ1) is 33.7. The number of carbonyl (C=O) groups is 2. The molecule has 10 heteroatoms. The number of rotatable bonds is 13. The summed E-state index contributed by atoms with van der Waals surface area (Å²) in [6, 6.07) is 31.1. The minimum absolute atomic E-state index is 0.0705. The van der Waals surface area contributed by atoms with Gasteiger partial charge in [0.1, 0.15) is 12.6 Å². The van der Waals surface area contributed by atoms with Gasteiger partial charge in [-0.3, -0.25) is 13.9 Å². The van der Waals surface area contributed by atoms with Crippen LogP contribution in [0.4, 0.5) is 5.69 Å². The van der Waals surface area contributed by atoms with Crippen LogP contribution in [0.15, 0.2) is 119 Å². The highest BCUT2D eigenvalue weighted by molar-refractivity contribution is 14.1. The molecule has 0 unspecified atom stereocenters. The standard InChI is InChI=1S/C34H35BrIN3O4S/c1-3-25(2)37-34(41)32(22-26-10-6-4-7-11-26)38(23-27-14-16-28(35)17-15-27)33(40)24-39(30-20-18-29(36)19-21-30)44(42,43)31-12-8-5-9-13-31/h4-21,25,32H,3,22-24H2,1-2H3,(H,37,41)/t25-,32-/m0/s1. The Morgan fingerprint density at radius 1 is 0.841 bits per heavy atom. The van der Waals surface area contributed by atoms with Crippen molar-refractivity contribution in [2.45, 2.75) is 50.2 Å². The van der Waals surface area contributed by atoms with Crippen molar-refractivity contribution in [1.29, 1.82) is 0 Å². The van der Waals surface area contributed by atoms with Crippen LogP contribution in [0.1, 0.15) is 31.4 Å². The lowest BCUT2D eigenvalue weighted by Gasteiger charge is -2.34. The van der Waals surface area contributed by atoms with E-state index in [9.17, 15) is 18.0 Å². The number of nitrogens with zero attached hydrogens (tertiary/aromatic N) is 2. The zero-order chi connectivity index (χ0) is 31.7. The lowest BCUT2D eigenvalue weighted by Crippen LogP contribution is -2.54. The molecule has 7 nitrogen and oxygen atoms in total. The van der Waals surface area contributed by atoms with E-state index >= 15 is 0 Å². The van der Waals surface area contributed by atoms with Crippen LogP contribution in [0.3, 0.4) is 0 Å². The molecule has 2 atom stereocenters. The molecule has 0 aliphatic rings. The molecule has 0 saturated heterocycles. The SMILES string of the molecule is CC[C@H](C)NC(=O)[C@H](Cc1ccccc1)N(Cc1ccc(Br)cc1)C(=O)CN(c1ccc(I)cc1)S(=O)(=O)c1ccccc1. The minimum Gasteiger partial charge on any atom is -0.352 e. The molecule has 0 spiro atoms. The maximum Gasteiger partial charge on any atom is 0.264 e. The highest BCUT2D eigenvalue weighted by atomic mass is 127. The van der Waals surface area contributed by atoms with E-state index in [0.717, 1.165) is 29.9 Å². The predicted molar refractivity (Wildman–Crippen MR) is 187 cm³/mol. The molecule has 230 valence electrons. The molecule has 4 rings (SSSR count). The summed E-state index contributed by atoms with van der Waals surface area (Å²) in [5, 5.41) is 3.05. The fourth-order valence-corrected chi connectivity index (χ4v) is 6.70. The molecule has 0 aliphatic heterocycles. The largest absolute Gasteiger partial charge is 0.352 e. The van der Waals surface area contributed by atoms with Crippen molar-refractivity contribution in [3.05, 3.63) is 128 Å². The van der Waals surface area contributed by atoms with E-state index in [-0.39, 0.29) is 29.8 Å². The minimum atomic E-state index is -4.13. The molecule has 0 heterocycles. The number of hydrogen-bond donors (Lipinski definition) is 1. The normalized spacial score (nSPS) is 12.6. The third kappa shape index (κ3) is 8.92. The number of carbonyl (C=O) groups excluding carboxylic acids is 2. The summed E-state index contributed by atoms with van der Waals surface area (Å²) >= 11 is 5.61. The number of amides is 2. The molecular weight excluding hydrogens is 753 g/mol. The second kappa shape index (κ2) is 15.7. The molecule has 0 saturated carbocycles. The Balaban J connectivity index is 1.79. The molecule has 4 aromatic rings. The van der Waals surface area contributed by atoms with Crippen molar-refractivity contribution in [2.75, 3.05) is 10.8 Å². The molecule has 0 fully saturated rings. The van der Waals surface area contributed by atoms with E-state index in [1.165, 1.54) is 17.0 Å². The fraction of sp³-hybridized carbons (Fsp3) is 0.235. The maximum absolute atomic E-state index is 14.5. The number of anilines is 1. The van der Waals surface area contributed by atoms with E-state index in [0.29, 0.717) is 5.69 Å². The highest BCUT2D eigenvalue weighted by Gasteiger charge is 2.35. The number of hydrogen-bond acceptors (Lipinski definition) is 4. The van der Waals surface area contributed by atoms with Crippen LogP contribution in [0.2, 0.25) is 0 Å². The fourth-order valence-electron chi connectivity index (χ4n) is 4.64. The summed E-state index contributed by atoms with van der Waals surface area (Å²) < 4.78 is 31.0. The number of nitrogens with one attached hydrogen (secondary N) is 1. The smallest absolute Gasteiger partial charge is 0.264 e. The van der Waals surface area contributed by atoms with E-state index in [1.54, 1.807) is 42.5 Å². The van der Waals surface area contributed by atoms with Crippen LogP contribution < -0.4 is 9.62 Å². The number of sulfonamides is 1. The van der Waals surface area contributed by atoms with Gasteiger partial charge in [0.25, 0.3) is 10.0 Å². The molecule has 0 aliphatic carbocycles. The first-order valence-corrected chi connectivity index (χ1v) is 17.6. The Bertz CT molecular complexity index is 1640. The number of benzene rings is 4. The second-order valence-corrected chi connectivity index (χ2v) is 14.5. The van der Waals surface area contributed by atoms with Crippen LogP contribution in [0.25, 0.3) is 0 Å². The van der Waals surface area contributed by atoms with Crippen LogP contribution in [0.5, 0.6) is 0 Å². The molecule has 1 N–H and O–H groups in total. The highest BCUT2D eigenvalue weighted by Crippen LogP contribution is 2.26. The summed E-state index contributed by atoms with van der Waals surface area (Å²) in [5.74, 6) is -0.786. The molecule has 4 aromatic carbocycles. The monoisotopic (exact) mass is 787 g/mol. The van der Waals surface area contributed by atoms with Gasteiger partial charge in [-0.05, 0) is 95.6 Å². The van der Waals surface area contributed by atoms with E-state index in [4.69, 9.17) is 0 Å². The second-order valence-electron chi connectivity index (χ2n) is 10.5. The summed E-state index contributed by atoms with van der Waals surface area (Å²) in [7, 11) is -4.13. The molecule has 0 bridgehead atoms. The average molecular weight is 789 g/mol. The van der Waals surface area contributed by atoms with Crippen molar-refractivity contribution in [3.8, 4) is 0 Å². The summed E-state index contributed by atoms with van der Waals surface area (Å²) in [5.41, 5.74) is 2.05. The van der Waals surface area contributed by atoms with Crippen LogP contribution >= 0.6 is 38.5 Å². The predicted octanol–water partition coefficient (Wildman–Crippen LogP) is 6.80. The van der Waals surface area contributed by atoms with Gasteiger partial charge in [-0.15, -0.1) is 0 Å². The number of halogens is 2. The van der Waals surface area contributed by atoms with Crippen molar-refractivity contribution in [1.82, 2.24) is 10.2 Å². The van der Waals surface area contributed by atoms with E-state index in [1.807, 2.05) is 68.4 Å². The van der Waals surface area contributed by atoms with E-state index < -0.39 is 28.5 Å². The van der Waals surface area contributed by atoms with Gasteiger partial charge in [0, 0.05) is 27.1 Å². The van der Waals surface area contributed by atoms with Crippen molar-refractivity contribution in [2.24, 2.45) is 0 Å². The van der Waals surface area contributed by atoms with Gasteiger partial charge in [-0.1, -0.05) is 83.5 Å². The van der Waals surface area contributed by atoms with Gasteiger partial charge in [0.05, 0.1) is 10.6 Å². The Hall–Kier alpha value is -3.22. The molecule has 44 heavy (non-hydrogen) atoms. The zero-order valence-electron chi connectivity index (χ0n) is 24.6. The molecule has 0 aromatic heterocycles. The summed E-state index contributed by atoms with van der Waals surface area (Å²) in [6.45, 7) is 3.53. The molecular formula is C34H35BrIN3O4S. The van der Waals surface area contributed by atoms with Gasteiger partial charge in [0.2, 0.25) is 11.8 Å². The Morgan fingerprint density at radius 3 is 2.02 bits per heavy atom. The first-order chi connectivity index (χ1) is 21.1. The first-order valence-electron chi connectivity index (χ1n) is 14.3. The third-order valence-corrected chi connectivity index (χ3v) is 10.3. The van der Waals surface area contributed by atoms with Gasteiger partial charge >= 0.3 is 0 Å². The van der Waals surface area contributed by atoms with Gasteiger partial charge in [-0.25, -0.2) is 8.42 Å². The Kier molecular flexibility index (Phi) is 12.0. The Morgan fingerprint density at radius 2 is 1.43 bits per heavy atom. The van der Waals surface area contributed by atoms with Crippen molar-refractivity contribution >= 4 is 66.0 Å². The van der Waals surface area contributed by atoms with Crippen molar-refractivity contribution < 1.29 is 18.0 Å². The van der Waals surface area contributed by atoms with Crippen LogP contribution in [0, 0.1) is 3.57 Å². The maximum atomic E-state index is 14.5. The molecule has 0 radical (unpaired) electrons. The summed E-state index contributed by atoms with van der Waals surface area (Å²) in [4.78, 5) is 29.9. The lowest BCUT2D eigenvalue weighted by atomic mass is 10.0. The van der Waals surface area contributed by atoms with Gasteiger partial charge in [0.15, 0.2) is 0 Å². The van der Waals surface area contributed by atoms with Crippen molar-refractivity contribution in [3.63, 3.8) is 0 Å². The Labute approximate surface area is 282 Å². The van der Waals surface area contributed by atoms with Gasteiger partial charge in [-0.2, -0.15) is 0 Å². The quantitative estimate of drug-likeness (QED) is 0.151. The zero-order valence-corrected chi connectivity index (χ0v) is 29.1. The van der Waals surface area contributed by atoms with Crippen LogP contribution in [-0.4, -0.2) is 43.8 Å². The molecule has 2 amide bonds. The topological polar surface area (TPSA) is 86.8 Å². The van der Waals surface area contributed by atoms with Gasteiger partial charge < -0.3 is 10.2 Å². The average Bonchev–Trinajstić information content (AvgIpc) is 3.03. The summed E-state index contributed by atoms with van der Waals surface area (Å²) in [6.07, 6.45) is 0.987. The third-order valence-electron chi connectivity index (χ3n) is 7.26. The van der Waals surface area contributed by atoms with E-state index in [2.05, 4.69) is 43.8 Å². The van der Waals surface area contributed by atoms with Crippen LogP contribution in [-0.2, 0) is 32.6 Å².